The maximum Gasteiger partial charge on any atom is 0.0613 e. The predicted octanol–water partition coefficient (Wildman–Crippen LogP) is 3.50. The lowest BCUT2D eigenvalue weighted by atomic mass is 9.88. The first-order valence-electron chi connectivity index (χ1n) is 8.51. The van der Waals surface area contributed by atoms with Crippen LogP contribution in [0.25, 0.3) is 0 Å². The molecule has 0 saturated heterocycles. The van der Waals surface area contributed by atoms with Gasteiger partial charge in [-0.15, -0.1) is 0 Å². The summed E-state index contributed by atoms with van der Waals surface area (Å²) in [5, 5.41) is 13.2. The third-order valence-electron chi connectivity index (χ3n) is 4.62. The number of hydrogen-bond acceptors (Lipinski definition) is 3. The molecule has 1 aliphatic carbocycles. The Kier molecular flexibility index (Phi) is 8.08. The van der Waals surface area contributed by atoms with Crippen LogP contribution in [0.4, 0.5) is 0 Å². The van der Waals surface area contributed by atoms with Crippen LogP contribution >= 0.6 is 0 Å². The minimum absolute atomic E-state index is 0.128. The molecule has 3 heteroatoms. The van der Waals surface area contributed by atoms with Crippen molar-refractivity contribution in [2.75, 3.05) is 13.2 Å². The highest BCUT2D eigenvalue weighted by Gasteiger charge is 2.27. The van der Waals surface area contributed by atoms with E-state index in [-0.39, 0.29) is 12.1 Å². The lowest BCUT2D eigenvalue weighted by molar-refractivity contribution is 0.00890. The highest BCUT2D eigenvalue weighted by molar-refractivity contribution is 4.87. The van der Waals surface area contributed by atoms with Crippen molar-refractivity contribution in [3.63, 3.8) is 0 Å². The van der Waals surface area contributed by atoms with Crippen molar-refractivity contribution in [2.24, 2.45) is 5.92 Å². The van der Waals surface area contributed by atoms with Gasteiger partial charge in [-0.25, -0.2) is 0 Å². The third-order valence-corrected chi connectivity index (χ3v) is 4.62. The molecule has 0 heterocycles. The Labute approximate surface area is 125 Å². The Morgan fingerprint density at radius 1 is 1.35 bits per heavy atom. The molecule has 0 aromatic carbocycles. The Morgan fingerprint density at radius 2 is 2.10 bits per heavy atom. The van der Waals surface area contributed by atoms with Crippen LogP contribution in [0.3, 0.4) is 0 Å². The molecule has 0 aromatic rings. The molecule has 20 heavy (non-hydrogen) atoms. The summed E-state index contributed by atoms with van der Waals surface area (Å²) in [5.41, 5.74) is -0.128. The molecule has 0 aliphatic heterocycles. The van der Waals surface area contributed by atoms with Gasteiger partial charge in [-0.05, 0) is 38.0 Å². The zero-order valence-electron chi connectivity index (χ0n) is 14.0. The zero-order chi connectivity index (χ0) is 15.0. The van der Waals surface area contributed by atoms with E-state index < -0.39 is 0 Å². The molecule has 2 N–H and O–H groups in total. The first kappa shape index (κ1) is 17.9. The number of nitrogens with one attached hydrogen (secondary N) is 1. The summed E-state index contributed by atoms with van der Waals surface area (Å²) in [6, 6.07) is 0.405. The van der Waals surface area contributed by atoms with E-state index in [1.165, 1.54) is 25.7 Å². The predicted molar refractivity (Wildman–Crippen MR) is 85.0 cm³/mol. The minimum atomic E-state index is -0.128. The highest BCUT2D eigenvalue weighted by Crippen LogP contribution is 2.26. The van der Waals surface area contributed by atoms with Crippen LogP contribution < -0.4 is 5.32 Å². The van der Waals surface area contributed by atoms with Crippen LogP contribution in [0.2, 0.25) is 0 Å². The first-order chi connectivity index (χ1) is 9.51. The van der Waals surface area contributed by atoms with E-state index in [1.54, 1.807) is 0 Å². The van der Waals surface area contributed by atoms with E-state index in [2.05, 4.69) is 33.0 Å². The molecule has 1 aliphatic rings. The monoisotopic (exact) mass is 285 g/mol. The number of aliphatic hydroxyl groups excluding tert-OH is 1. The lowest BCUT2D eigenvalue weighted by Gasteiger charge is -2.34. The number of rotatable bonds is 9. The van der Waals surface area contributed by atoms with Gasteiger partial charge in [0.15, 0.2) is 0 Å². The molecule has 1 rings (SSSR count). The van der Waals surface area contributed by atoms with Gasteiger partial charge in [0, 0.05) is 18.2 Å². The summed E-state index contributed by atoms with van der Waals surface area (Å²) < 4.78 is 6.03. The Balaban J connectivity index is 2.26. The molecular formula is C17H35NO2. The molecule has 0 radical (unpaired) electrons. The summed E-state index contributed by atoms with van der Waals surface area (Å²) >= 11 is 0. The maximum atomic E-state index is 9.70. The largest absolute Gasteiger partial charge is 0.394 e. The number of hydrogen-bond donors (Lipinski definition) is 2. The van der Waals surface area contributed by atoms with E-state index >= 15 is 0 Å². The molecule has 0 bridgehead atoms. The van der Waals surface area contributed by atoms with Gasteiger partial charge in [0.2, 0.25) is 0 Å². The van der Waals surface area contributed by atoms with Crippen molar-refractivity contribution in [1.82, 2.24) is 5.32 Å². The van der Waals surface area contributed by atoms with Crippen LogP contribution in [0.5, 0.6) is 0 Å². The summed E-state index contributed by atoms with van der Waals surface area (Å²) in [6.45, 7) is 9.80. The summed E-state index contributed by atoms with van der Waals surface area (Å²) in [5.74, 6) is 0.823. The fraction of sp³-hybridized carbons (Fsp3) is 1.00. The van der Waals surface area contributed by atoms with E-state index in [9.17, 15) is 5.11 Å². The first-order valence-corrected chi connectivity index (χ1v) is 8.51. The molecule has 3 atom stereocenters. The Morgan fingerprint density at radius 3 is 2.65 bits per heavy atom. The van der Waals surface area contributed by atoms with Crippen molar-refractivity contribution in [3.8, 4) is 0 Å². The minimum Gasteiger partial charge on any atom is -0.394 e. The van der Waals surface area contributed by atoms with Crippen molar-refractivity contribution >= 4 is 0 Å². The van der Waals surface area contributed by atoms with Crippen molar-refractivity contribution in [1.29, 1.82) is 0 Å². The summed E-state index contributed by atoms with van der Waals surface area (Å²) in [7, 11) is 0. The van der Waals surface area contributed by atoms with Gasteiger partial charge < -0.3 is 15.2 Å². The van der Waals surface area contributed by atoms with Crippen LogP contribution in [0.15, 0.2) is 0 Å². The van der Waals surface area contributed by atoms with Crippen LogP contribution in [0.1, 0.15) is 72.6 Å². The van der Waals surface area contributed by atoms with Gasteiger partial charge in [-0.1, -0.05) is 40.5 Å². The van der Waals surface area contributed by atoms with Gasteiger partial charge in [-0.3, -0.25) is 0 Å². The highest BCUT2D eigenvalue weighted by atomic mass is 16.5. The molecule has 0 aromatic heterocycles. The molecule has 120 valence electrons. The second-order valence-corrected chi connectivity index (χ2v) is 6.96. The molecule has 3 unspecified atom stereocenters. The third kappa shape index (κ3) is 6.11. The van der Waals surface area contributed by atoms with Gasteiger partial charge in [-0.2, -0.15) is 0 Å². The Hall–Kier alpha value is -0.120. The molecule has 0 spiro atoms. The maximum absolute atomic E-state index is 9.70. The van der Waals surface area contributed by atoms with E-state index in [1.807, 2.05) is 0 Å². The number of aliphatic hydroxyl groups is 1. The fourth-order valence-electron chi connectivity index (χ4n) is 3.39. The van der Waals surface area contributed by atoms with E-state index in [4.69, 9.17) is 4.74 Å². The molecule has 1 saturated carbocycles. The smallest absolute Gasteiger partial charge is 0.0613 e. The SMILES string of the molecule is CCC(CO)(CCCOC1CCCC(C)C1)NC(C)C. The van der Waals surface area contributed by atoms with Crippen LogP contribution in [-0.2, 0) is 4.74 Å². The average Bonchev–Trinajstić information content (AvgIpc) is 2.42. The van der Waals surface area contributed by atoms with Gasteiger partial charge in [0.1, 0.15) is 0 Å². The second-order valence-electron chi connectivity index (χ2n) is 6.96. The molecule has 0 amide bonds. The standard InChI is InChI=1S/C17H35NO2/c1-5-17(13-19,18-14(2)3)10-7-11-20-16-9-6-8-15(4)12-16/h14-16,18-19H,5-13H2,1-4H3. The van der Waals surface area contributed by atoms with Crippen molar-refractivity contribution in [3.05, 3.63) is 0 Å². The van der Waals surface area contributed by atoms with Gasteiger partial charge in [0.05, 0.1) is 12.7 Å². The molecule has 1 fully saturated rings. The fourth-order valence-corrected chi connectivity index (χ4v) is 3.39. The van der Waals surface area contributed by atoms with Crippen molar-refractivity contribution < 1.29 is 9.84 Å². The van der Waals surface area contributed by atoms with Gasteiger partial charge in [0.25, 0.3) is 0 Å². The summed E-state index contributed by atoms with van der Waals surface area (Å²) in [6.07, 6.45) is 8.58. The summed E-state index contributed by atoms with van der Waals surface area (Å²) in [4.78, 5) is 0. The average molecular weight is 285 g/mol. The van der Waals surface area contributed by atoms with E-state index in [0.717, 1.165) is 31.8 Å². The Bertz CT molecular complexity index is 251. The van der Waals surface area contributed by atoms with Crippen LogP contribution in [0, 0.1) is 5.92 Å². The molecule has 3 nitrogen and oxygen atoms in total. The van der Waals surface area contributed by atoms with E-state index in [0.29, 0.717) is 12.1 Å². The zero-order valence-corrected chi connectivity index (χ0v) is 14.0. The topological polar surface area (TPSA) is 41.5 Å². The normalized spacial score (nSPS) is 26.7. The quantitative estimate of drug-likeness (QED) is 0.637. The lowest BCUT2D eigenvalue weighted by Crippen LogP contribution is -2.51. The van der Waals surface area contributed by atoms with Crippen molar-refractivity contribution in [2.45, 2.75) is 90.3 Å². The van der Waals surface area contributed by atoms with Gasteiger partial charge >= 0.3 is 0 Å². The van der Waals surface area contributed by atoms with Crippen LogP contribution in [-0.4, -0.2) is 36.0 Å². The second kappa shape index (κ2) is 9.01. The molecular weight excluding hydrogens is 250 g/mol. The number of ether oxygens (including phenoxy) is 1.